The first-order valence-electron chi connectivity index (χ1n) is 8.14. The van der Waals surface area contributed by atoms with Crippen molar-refractivity contribution in [1.82, 2.24) is 14.9 Å². The molecule has 2 N–H and O–H groups in total. The molecule has 0 bridgehead atoms. The fourth-order valence-corrected chi connectivity index (χ4v) is 4.07. The summed E-state index contributed by atoms with van der Waals surface area (Å²) in [5.74, 6) is -0.140. The smallest absolute Gasteiger partial charge is 0.244 e. The standard InChI is InChI=1S/C17H24N4O3S/c1-5-15-6-8-16(9-7-15)21(14(4)22)11-10-18-25(23,24)17-12(2)19-20-13(17)3/h6-9,18H,5,10-11H2,1-4H3,(H,19,20). The zero-order chi connectivity index (χ0) is 18.6. The fraction of sp³-hybridized carbons (Fsp3) is 0.412. The van der Waals surface area contributed by atoms with Gasteiger partial charge in [0.15, 0.2) is 0 Å². The molecule has 0 aliphatic rings. The van der Waals surface area contributed by atoms with E-state index in [0.29, 0.717) is 11.4 Å². The van der Waals surface area contributed by atoms with E-state index in [0.717, 1.165) is 12.1 Å². The Balaban J connectivity index is 2.08. The minimum Gasteiger partial charge on any atom is -0.311 e. The van der Waals surface area contributed by atoms with Crippen molar-refractivity contribution in [3.63, 3.8) is 0 Å². The molecule has 0 fully saturated rings. The van der Waals surface area contributed by atoms with E-state index < -0.39 is 10.0 Å². The number of H-pyrrole nitrogens is 1. The number of benzene rings is 1. The van der Waals surface area contributed by atoms with Crippen LogP contribution in [0, 0.1) is 13.8 Å². The van der Waals surface area contributed by atoms with E-state index in [1.807, 2.05) is 24.3 Å². The van der Waals surface area contributed by atoms with E-state index in [-0.39, 0.29) is 23.9 Å². The number of rotatable bonds is 7. The maximum atomic E-state index is 12.4. The Labute approximate surface area is 148 Å². The molecule has 0 unspecified atom stereocenters. The van der Waals surface area contributed by atoms with Crippen molar-refractivity contribution in [3.05, 3.63) is 41.2 Å². The molecular formula is C17H24N4O3S. The van der Waals surface area contributed by atoms with Gasteiger partial charge in [-0.2, -0.15) is 5.10 Å². The number of aromatic nitrogens is 2. The van der Waals surface area contributed by atoms with Gasteiger partial charge in [-0.15, -0.1) is 0 Å². The SMILES string of the molecule is CCc1ccc(N(CCNS(=O)(=O)c2c(C)n[nH]c2C)C(C)=O)cc1. The van der Waals surface area contributed by atoms with Crippen LogP contribution in [0.1, 0.15) is 30.8 Å². The lowest BCUT2D eigenvalue weighted by Gasteiger charge is -2.21. The number of carbonyl (C=O) groups is 1. The van der Waals surface area contributed by atoms with E-state index in [2.05, 4.69) is 21.8 Å². The van der Waals surface area contributed by atoms with E-state index in [9.17, 15) is 13.2 Å². The Kier molecular flexibility index (Phi) is 5.97. The molecule has 0 aliphatic heterocycles. The predicted molar refractivity (Wildman–Crippen MR) is 97.1 cm³/mol. The summed E-state index contributed by atoms with van der Waals surface area (Å²) in [4.78, 5) is 13.6. The Morgan fingerprint density at radius 2 is 1.88 bits per heavy atom. The molecule has 0 saturated heterocycles. The first-order chi connectivity index (χ1) is 11.8. The monoisotopic (exact) mass is 364 g/mol. The van der Waals surface area contributed by atoms with Crippen molar-refractivity contribution in [2.45, 2.75) is 39.0 Å². The maximum absolute atomic E-state index is 12.4. The van der Waals surface area contributed by atoms with Crippen LogP contribution in [-0.4, -0.2) is 37.6 Å². The maximum Gasteiger partial charge on any atom is 0.244 e. The van der Waals surface area contributed by atoms with Gasteiger partial charge in [-0.3, -0.25) is 9.89 Å². The van der Waals surface area contributed by atoms with Crippen molar-refractivity contribution in [1.29, 1.82) is 0 Å². The number of nitrogens with zero attached hydrogens (tertiary/aromatic N) is 2. The minimum atomic E-state index is -3.67. The van der Waals surface area contributed by atoms with Crippen molar-refractivity contribution < 1.29 is 13.2 Å². The molecule has 0 saturated carbocycles. The summed E-state index contributed by atoms with van der Waals surface area (Å²) >= 11 is 0. The number of hydrogen-bond donors (Lipinski definition) is 2. The second kappa shape index (κ2) is 7.79. The number of anilines is 1. The summed E-state index contributed by atoms with van der Waals surface area (Å²) in [5.41, 5.74) is 2.84. The van der Waals surface area contributed by atoms with Crippen LogP contribution in [0.2, 0.25) is 0 Å². The van der Waals surface area contributed by atoms with Gasteiger partial charge in [0.2, 0.25) is 15.9 Å². The molecule has 0 spiro atoms. The summed E-state index contributed by atoms with van der Waals surface area (Å²) in [6, 6.07) is 7.68. The third-order valence-corrected chi connectivity index (χ3v) is 5.72. The number of hydrogen-bond acceptors (Lipinski definition) is 4. The zero-order valence-corrected chi connectivity index (χ0v) is 15.8. The van der Waals surface area contributed by atoms with Crippen LogP contribution in [0.5, 0.6) is 0 Å². The Morgan fingerprint density at radius 3 is 2.36 bits per heavy atom. The molecular weight excluding hydrogens is 340 g/mol. The predicted octanol–water partition coefficient (Wildman–Crippen LogP) is 1.92. The molecule has 0 aliphatic carbocycles. The molecule has 1 heterocycles. The highest BCUT2D eigenvalue weighted by Gasteiger charge is 2.22. The van der Waals surface area contributed by atoms with Gasteiger partial charge in [0.1, 0.15) is 4.90 Å². The highest BCUT2D eigenvalue weighted by Crippen LogP contribution is 2.17. The third-order valence-electron chi connectivity index (χ3n) is 3.99. The van der Waals surface area contributed by atoms with Gasteiger partial charge in [0.05, 0.1) is 11.4 Å². The number of nitrogens with one attached hydrogen (secondary N) is 2. The molecule has 136 valence electrons. The van der Waals surface area contributed by atoms with E-state index >= 15 is 0 Å². The van der Waals surface area contributed by atoms with Crippen molar-refractivity contribution >= 4 is 21.6 Å². The summed E-state index contributed by atoms with van der Waals surface area (Å²) < 4.78 is 27.4. The molecule has 0 radical (unpaired) electrons. The molecule has 1 aromatic heterocycles. The van der Waals surface area contributed by atoms with Crippen LogP contribution < -0.4 is 9.62 Å². The quantitative estimate of drug-likeness (QED) is 0.785. The number of aromatic amines is 1. The van der Waals surface area contributed by atoms with Gasteiger partial charge in [-0.1, -0.05) is 19.1 Å². The fourth-order valence-electron chi connectivity index (χ4n) is 2.68. The largest absolute Gasteiger partial charge is 0.311 e. The molecule has 1 aromatic carbocycles. The van der Waals surface area contributed by atoms with Crippen molar-refractivity contribution in [3.8, 4) is 0 Å². The normalized spacial score (nSPS) is 11.5. The third kappa shape index (κ3) is 4.46. The van der Waals surface area contributed by atoms with Crippen LogP contribution in [0.25, 0.3) is 0 Å². The average Bonchev–Trinajstić information content (AvgIpc) is 2.91. The second-order valence-corrected chi connectivity index (χ2v) is 7.56. The first-order valence-corrected chi connectivity index (χ1v) is 9.63. The summed E-state index contributed by atoms with van der Waals surface area (Å²) in [5, 5.41) is 6.57. The number of aryl methyl sites for hydroxylation is 3. The molecule has 0 atom stereocenters. The van der Waals surface area contributed by atoms with Gasteiger partial charge >= 0.3 is 0 Å². The number of carbonyl (C=O) groups excluding carboxylic acids is 1. The summed E-state index contributed by atoms with van der Waals surface area (Å²) in [7, 11) is -3.67. The summed E-state index contributed by atoms with van der Waals surface area (Å²) in [6.07, 6.45) is 0.920. The van der Waals surface area contributed by atoms with E-state index in [1.165, 1.54) is 12.5 Å². The van der Waals surface area contributed by atoms with Crippen LogP contribution >= 0.6 is 0 Å². The van der Waals surface area contributed by atoms with Crippen LogP contribution in [0.3, 0.4) is 0 Å². The minimum absolute atomic E-state index is 0.113. The summed E-state index contributed by atoms with van der Waals surface area (Å²) in [6.45, 7) is 7.18. The Morgan fingerprint density at radius 1 is 1.24 bits per heavy atom. The zero-order valence-electron chi connectivity index (χ0n) is 15.0. The Hall–Kier alpha value is -2.19. The van der Waals surface area contributed by atoms with Crippen LogP contribution in [-0.2, 0) is 21.2 Å². The lowest BCUT2D eigenvalue weighted by molar-refractivity contribution is -0.116. The lowest BCUT2D eigenvalue weighted by Crippen LogP contribution is -2.37. The van der Waals surface area contributed by atoms with Crippen molar-refractivity contribution in [2.24, 2.45) is 0 Å². The molecule has 8 heteroatoms. The second-order valence-electron chi connectivity index (χ2n) is 5.85. The van der Waals surface area contributed by atoms with E-state index in [4.69, 9.17) is 0 Å². The molecule has 2 aromatic rings. The van der Waals surface area contributed by atoms with Crippen LogP contribution in [0.15, 0.2) is 29.2 Å². The van der Waals surface area contributed by atoms with E-state index in [1.54, 1.807) is 18.7 Å². The van der Waals surface area contributed by atoms with Gasteiger partial charge < -0.3 is 4.90 Å². The molecule has 25 heavy (non-hydrogen) atoms. The first kappa shape index (κ1) is 19.1. The molecule has 1 amide bonds. The highest BCUT2D eigenvalue weighted by atomic mass is 32.2. The lowest BCUT2D eigenvalue weighted by atomic mass is 10.1. The van der Waals surface area contributed by atoms with Gasteiger partial charge in [-0.25, -0.2) is 13.1 Å². The van der Waals surface area contributed by atoms with Gasteiger partial charge in [-0.05, 0) is 38.0 Å². The number of amides is 1. The average molecular weight is 364 g/mol. The topological polar surface area (TPSA) is 95.2 Å². The van der Waals surface area contributed by atoms with Gasteiger partial charge in [0.25, 0.3) is 0 Å². The van der Waals surface area contributed by atoms with Crippen LogP contribution in [0.4, 0.5) is 5.69 Å². The molecule has 2 rings (SSSR count). The highest BCUT2D eigenvalue weighted by molar-refractivity contribution is 7.89. The van der Waals surface area contributed by atoms with Crippen molar-refractivity contribution in [2.75, 3.05) is 18.0 Å². The van der Waals surface area contributed by atoms with Gasteiger partial charge in [0, 0.05) is 25.7 Å². The molecule has 7 nitrogen and oxygen atoms in total. The Bertz CT molecular complexity index is 822. The number of sulfonamides is 1.